The molecule has 0 radical (unpaired) electrons. The lowest BCUT2D eigenvalue weighted by molar-refractivity contribution is -0.0865. The zero-order valence-electron chi connectivity index (χ0n) is 13.2. The van der Waals surface area contributed by atoms with E-state index >= 15 is 0 Å². The molecular weight excluding hydrogens is 306 g/mol. The van der Waals surface area contributed by atoms with Crippen molar-refractivity contribution in [3.63, 3.8) is 0 Å². The fourth-order valence-corrected chi connectivity index (χ4v) is 3.19. The molecule has 6 nitrogen and oxygen atoms in total. The number of hydrogen-bond acceptors (Lipinski definition) is 4. The Balaban J connectivity index is 1.59. The molecule has 1 aromatic carbocycles. The maximum absolute atomic E-state index is 12.8. The third-order valence-electron chi connectivity index (χ3n) is 4.62. The van der Waals surface area contributed by atoms with E-state index in [9.17, 15) is 9.59 Å². The molecule has 24 heavy (non-hydrogen) atoms. The van der Waals surface area contributed by atoms with E-state index in [2.05, 4.69) is 9.97 Å². The van der Waals surface area contributed by atoms with Crippen molar-refractivity contribution in [2.24, 2.45) is 5.92 Å². The van der Waals surface area contributed by atoms with Crippen LogP contribution in [0.25, 0.3) is 0 Å². The van der Waals surface area contributed by atoms with E-state index in [-0.39, 0.29) is 29.4 Å². The van der Waals surface area contributed by atoms with Gasteiger partial charge in [-0.15, -0.1) is 0 Å². The first kappa shape index (κ1) is 15.1. The molecule has 1 aliphatic carbocycles. The van der Waals surface area contributed by atoms with Gasteiger partial charge in [-0.25, -0.2) is 0 Å². The van der Waals surface area contributed by atoms with E-state index in [1.165, 1.54) is 6.20 Å². The Morgan fingerprint density at radius 1 is 1.17 bits per heavy atom. The molecule has 2 atom stereocenters. The van der Waals surface area contributed by atoms with Crippen LogP contribution in [0.1, 0.15) is 35.0 Å². The molecular formula is C18H19N3O3. The summed E-state index contributed by atoms with van der Waals surface area (Å²) >= 11 is 0. The molecule has 0 spiro atoms. The van der Waals surface area contributed by atoms with Gasteiger partial charge in [0.15, 0.2) is 0 Å². The molecule has 6 heteroatoms. The summed E-state index contributed by atoms with van der Waals surface area (Å²) in [5, 5.41) is 0. The van der Waals surface area contributed by atoms with Gasteiger partial charge in [0.2, 0.25) is 0 Å². The number of H-pyrrole nitrogens is 1. The number of nitrogens with one attached hydrogen (secondary N) is 1. The van der Waals surface area contributed by atoms with E-state index in [1.54, 1.807) is 4.90 Å². The van der Waals surface area contributed by atoms with E-state index in [1.807, 2.05) is 30.3 Å². The number of aromatic nitrogens is 2. The molecule has 1 N–H and O–H groups in total. The summed E-state index contributed by atoms with van der Waals surface area (Å²) in [5.41, 5.74) is 0.929. The number of benzene rings is 1. The molecule has 2 aromatic rings. The summed E-state index contributed by atoms with van der Waals surface area (Å²) in [4.78, 5) is 32.4. The number of nitrogens with zero attached hydrogens (tertiary/aromatic N) is 2. The first-order valence-electron chi connectivity index (χ1n) is 8.25. The molecule has 2 fully saturated rings. The first-order chi connectivity index (χ1) is 11.7. The molecule has 2 aliphatic rings. The average Bonchev–Trinajstić information content (AvgIpc) is 3.47. The van der Waals surface area contributed by atoms with Crippen LogP contribution in [0.2, 0.25) is 0 Å². The fraction of sp³-hybridized carbons (Fsp3) is 0.389. The highest BCUT2D eigenvalue weighted by atomic mass is 16.5. The molecule has 124 valence electrons. The van der Waals surface area contributed by atoms with Gasteiger partial charge in [0.1, 0.15) is 11.8 Å². The highest BCUT2D eigenvalue weighted by Crippen LogP contribution is 2.39. The molecule has 0 unspecified atom stereocenters. The van der Waals surface area contributed by atoms with Crippen LogP contribution in [0, 0.1) is 5.92 Å². The highest BCUT2D eigenvalue weighted by molar-refractivity contribution is 5.92. The van der Waals surface area contributed by atoms with Crippen LogP contribution in [0.15, 0.2) is 47.5 Å². The van der Waals surface area contributed by atoms with Gasteiger partial charge in [-0.2, -0.15) is 0 Å². The van der Waals surface area contributed by atoms with Crippen molar-refractivity contribution in [2.45, 2.75) is 25.0 Å². The number of rotatable bonds is 3. The van der Waals surface area contributed by atoms with Crippen molar-refractivity contribution in [3.8, 4) is 0 Å². The second-order valence-corrected chi connectivity index (χ2v) is 6.43. The van der Waals surface area contributed by atoms with Crippen LogP contribution in [-0.4, -0.2) is 40.0 Å². The Hall–Kier alpha value is -2.47. The number of ether oxygens (including phenoxy) is 1. The topological polar surface area (TPSA) is 75.3 Å². The normalized spacial score (nSPS) is 23.9. The van der Waals surface area contributed by atoms with Crippen molar-refractivity contribution in [1.29, 1.82) is 0 Å². The van der Waals surface area contributed by atoms with Crippen molar-refractivity contribution < 1.29 is 9.53 Å². The monoisotopic (exact) mass is 325 g/mol. The van der Waals surface area contributed by atoms with Crippen molar-refractivity contribution >= 4 is 5.91 Å². The second-order valence-electron chi connectivity index (χ2n) is 6.43. The standard InChI is InChI=1S/C18H19N3O3/c22-17-9-19-8-14(20-17)18(23)21-10-15(12-4-2-1-3-5-12)24-16(11-21)13-6-7-13/h1-5,8-9,13,15-16H,6-7,10-11H2,(H,20,22)/t15-,16+/m0/s1. The van der Waals surface area contributed by atoms with Gasteiger partial charge in [-0.05, 0) is 24.3 Å². The van der Waals surface area contributed by atoms with Crippen molar-refractivity contribution in [3.05, 3.63) is 64.3 Å². The summed E-state index contributed by atoms with van der Waals surface area (Å²) < 4.78 is 6.25. The van der Waals surface area contributed by atoms with E-state index in [0.717, 1.165) is 24.6 Å². The summed E-state index contributed by atoms with van der Waals surface area (Å²) in [6.45, 7) is 1.03. The van der Waals surface area contributed by atoms with Crippen LogP contribution in [0.3, 0.4) is 0 Å². The van der Waals surface area contributed by atoms with E-state index in [4.69, 9.17) is 4.74 Å². The van der Waals surface area contributed by atoms with Crippen molar-refractivity contribution in [2.75, 3.05) is 13.1 Å². The van der Waals surface area contributed by atoms with Gasteiger partial charge < -0.3 is 14.6 Å². The molecule has 1 aliphatic heterocycles. The van der Waals surface area contributed by atoms with Gasteiger partial charge in [0, 0.05) is 6.54 Å². The third kappa shape index (κ3) is 3.10. The number of carbonyl (C=O) groups is 1. The quantitative estimate of drug-likeness (QED) is 0.933. The van der Waals surface area contributed by atoms with Gasteiger partial charge in [0.25, 0.3) is 11.5 Å². The predicted octanol–water partition coefficient (Wildman–Crippen LogP) is 1.76. The number of hydrogen-bond donors (Lipinski definition) is 1. The Bertz CT molecular complexity index is 785. The SMILES string of the molecule is O=C(c1cncc(=O)[nH]1)N1C[C@@H](c2ccccc2)O[C@@H](C2CC2)C1. The molecule has 2 heterocycles. The van der Waals surface area contributed by atoms with Gasteiger partial charge in [-0.3, -0.25) is 14.6 Å². The highest BCUT2D eigenvalue weighted by Gasteiger charge is 2.40. The minimum atomic E-state index is -0.368. The largest absolute Gasteiger partial charge is 0.366 e. The lowest BCUT2D eigenvalue weighted by Gasteiger charge is -2.38. The summed E-state index contributed by atoms with van der Waals surface area (Å²) in [5.74, 6) is 0.329. The Kier molecular flexibility index (Phi) is 3.90. The Morgan fingerprint density at radius 2 is 1.96 bits per heavy atom. The number of carbonyl (C=O) groups excluding carboxylic acids is 1. The molecule has 1 amide bonds. The van der Waals surface area contributed by atoms with Crippen LogP contribution >= 0.6 is 0 Å². The molecule has 4 rings (SSSR count). The maximum Gasteiger partial charge on any atom is 0.272 e. The number of morpholine rings is 1. The van der Waals surface area contributed by atoms with Gasteiger partial charge >= 0.3 is 0 Å². The third-order valence-corrected chi connectivity index (χ3v) is 4.62. The summed E-state index contributed by atoms with van der Waals surface area (Å²) in [7, 11) is 0. The van der Waals surface area contributed by atoms with Gasteiger partial charge in [-0.1, -0.05) is 30.3 Å². The first-order valence-corrected chi connectivity index (χ1v) is 8.25. The fourth-order valence-electron chi connectivity index (χ4n) is 3.19. The van der Waals surface area contributed by atoms with Crippen molar-refractivity contribution in [1.82, 2.24) is 14.9 Å². The molecule has 1 saturated carbocycles. The van der Waals surface area contributed by atoms with Gasteiger partial charge in [0.05, 0.1) is 25.0 Å². The Morgan fingerprint density at radius 3 is 2.67 bits per heavy atom. The Labute approximate surface area is 139 Å². The smallest absolute Gasteiger partial charge is 0.272 e. The number of aromatic amines is 1. The zero-order valence-corrected chi connectivity index (χ0v) is 13.2. The van der Waals surface area contributed by atoms with Crippen LogP contribution < -0.4 is 5.56 Å². The predicted molar refractivity (Wildman–Crippen MR) is 87.5 cm³/mol. The molecule has 1 saturated heterocycles. The maximum atomic E-state index is 12.8. The summed E-state index contributed by atoms with van der Waals surface area (Å²) in [6.07, 6.45) is 4.78. The summed E-state index contributed by atoms with van der Waals surface area (Å²) in [6, 6.07) is 9.96. The average molecular weight is 325 g/mol. The lowest BCUT2D eigenvalue weighted by atomic mass is 10.0. The minimum Gasteiger partial charge on any atom is -0.366 e. The van der Waals surface area contributed by atoms with E-state index < -0.39 is 0 Å². The second kappa shape index (κ2) is 6.20. The number of amides is 1. The van der Waals surface area contributed by atoms with E-state index in [0.29, 0.717) is 19.0 Å². The van der Waals surface area contributed by atoms with Crippen LogP contribution in [0.5, 0.6) is 0 Å². The van der Waals surface area contributed by atoms with Crippen LogP contribution in [0.4, 0.5) is 0 Å². The van der Waals surface area contributed by atoms with Crippen LogP contribution in [-0.2, 0) is 4.74 Å². The molecule has 0 bridgehead atoms. The minimum absolute atomic E-state index is 0.0521. The molecule has 1 aromatic heterocycles. The zero-order chi connectivity index (χ0) is 16.5. The lowest BCUT2D eigenvalue weighted by Crippen LogP contribution is -2.48.